The standard InChI is InChI=1S/C22H31N3O4/c1-4-13-25(3,14-5-2)16-20(27)23-18-11-12-21(28)24(22(18)29)15-19(26)17-9-7-6-8-10-17/h6-10,18H,4-5,11-16H2,1-3H3/p+1. The van der Waals surface area contributed by atoms with Gasteiger partial charge in [-0.3, -0.25) is 24.1 Å². The Hall–Kier alpha value is -2.54. The van der Waals surface area contributed by atoms with Crippen LogP contribution in [0.2, 0.25) is 0 Å². The van der Waals surface area contributed by atoms with Gasteiger partial charge in [0.05, 0.1) is 26.7 Å². The number of quaternary nitrogens is 1. The highest BCUT2D eigenvalue weighted by Gasteiger charge is 2.37. The van der Waals surface area contributed by atoms with Crippen LogP contribution in [0.5, 0.6) is 0 Å². The van der Waals surface area contributed by atoms with E-state index in [2.05, 4.69) is 19.2 Å². The van der Waals surface area contributed by atoms with Gasteiger partial charge in [0.1, 0.15) is 6.04 Å². The summed E-state index contributed by atoms with van der Waals surface area (Å²) < 4.78 is 0.620. The van der Waals surface area contributed by atoms with Crippen LogP contribution in [0.25, 0.3) is 0 Å². The third kappa shape index (κ3) is 6.22. The van der Waals surface area contributed by atoms with Crippen molar-refractivity contribution in [2.45, 2.75) is 45.6 Å². The summed E-state index contributed by atoms with van der Waals surface area (Å²) in [6.07, 6.45) is 2.34. The average molecular weight is 403 g/mol. The minimum atomic E-state index is -0.763. The lowest BCUT2D eigenvalue weighted by Crippen LogP contribution is -2.58. The summed E-state index contributed by atoms with van der Waals surface area (Å²) in [6.45, 7) is 5.94. The molecule has 1 aromatic rings. The number of likely N-dealkylation sites (N-methyl/N-ethyl adjacent to an activating group) is 1. The van der Waals surface area contributed by atoms with E-state index in [1.54, 1.807) is 30.3 Å². The molecule has 1 heterocycles. The molecule has 1 N–H and O–H groups in total. The number of benzene rings is 1. The predicted octanol–water partition coefficient (Wildman–Crippen LogP) is 1.77. The zero-order chi connectivity index (χ0) is 21.4. The zero-order valence-corrected chi connectivity index (χ0v) is 17.6. The third-order valence-corrected chi connectivity index (χ3v) is 5.30. The lowest BCUT2D eigenvalue weighted by molar-refractivity contribution is -0.902. The number of nitrogens with one attached hydrogen (secondary N) is 1. The van der Waals surface area contributed by atoms with Crippen molar-refractivity contribution in [3.05, 3.63) is 35.9 Å². The Balaban J connectivity index is 2.01. The van der Waals surface area contributed by atoms with Crippen LogP contribution >= 0.6 is 0 Å². The highest BCUT2D eigenvalue weighted by Crippen LogP contribution is 2.15. The smallest absolute Gasteiger partial charge is 0.275 e. The number of piperidine rings is 1. The molecule has 0 radical (unpaired) electrons. The number of amides is 3. The first-order valence-corrected chi connectivity index (χ1v) is 10.3. The number of ketones is 1. The fraction of sp³-hybridized carbons (Fsp3) is 0.545. The van der Waals surface area contributed by atoms with Gasteiger partial charge in [-0.2, -0.15) is 0 Å². The number of imide groups is 1. The fourth-order valence-corrected chi connectivity index (χ4v) is 3.93. The maximum atomic E-state index is 12.8. The molecule has 1 aliphatic rings. The van der Waals surface area contributed by atoms with E-state index in [4.69, 9.17) is 0 Å². The van der Waals surface area contributed by atoms with Crippen LogP contribution in [0.3, 0.4) is 0 Å². The third-order valence-electron chi connectivity index (χ3n) is 5.30. The maximum Gasteiger partial charge on any atom is 0.275 e. The fourth-order valence-electron chi connectivity index (χ4n) is 3.93. The molecule has 1 fully saturated rings. The van der Waals surface area contributed by atoms with E-state index in [1.807, 2.05) is 7.05 Å². The van der Waals surface area contributed by atoms with Crippen LogP contribution in [0.1, 0.15) is 49.9 Å². The molecule has 0 aromatic heterocycles. The maximum absolute atomic E-state index is 12.8. The second-order valence-corrected chi connectivity index (χ2v) is 7.99. The monoisotopic (exact) mass is 402 g/mol. The highest BCUT2D eigenvalue weighted by atomic mass is 16.2. The average Bonchev–Trinajstić information content (AvgIpc) is 2.68. The summed E-state index contributed by atoms with van der Waals surface area (Å²) in [5, 5.41) is 2.80. The molecule has 7 nitrogen and oxygen atoms in total. The normalized spacial score (nSPS) is 17.3. The van der Waals surface area contributed by atoms with E-state index >= 15 is 0 Å². The lowest BCUT2D eigenvalue weighted by atomic mass is 10.0. The zero-order valence-electron chi connectivity index (χ0n) is 17.6. The predicted molar refractivity (Wildman–Crippen MR) is 110 cm³/mol. The first-order valence-electron chi connectivity index (χ1n) is 10.3. The van der Waals surface area contributed by atoms with Gasteiger partial charge in [0.15, 0.2) is 12.3 Å². The number of hydrogen-bond donors (Lipinski definition) is 1. The Morgan fingerprint density at radius 1 is 1.10 bits per heavy atom. The molecule has 7 heteroatoms. The molecule has 0 spiro atoms. The van der Waals surface area contributed by atoms with E-state index in [9.17, 15) is 19.2 Å². The molecule has 29 heavy (non-hydrogen) atoms. The quantitative estimate of drug-likeness (QED) is 0.367. The molecule has 1 saturated heterocycles. The topological polar surface area (TPSA) is 83.6 Å². The summed E-state index contributed by atoms with van der Waals surface area (Å²) in [4.78, 5) is 51.0. The van der Waals surface area contributed by atoms with Gasteiger partial charge in [-0.15, -0.1) is 0 Å². The van der Waals surface area contributed by atoms with Crippen molar-refractivity contribution in [2.75, 3.05) is 33.2 Å². The Morgan fingerprint density at radius 3 is 2.31 bits per heavy atom. The Bertz CT molecular complexity index is 742. The van der Waals surface area contributed by atoms with E-state index in [1.165, 1.54) is 0 Å². The van der Waals surface area contributed by atoms with Crippen LogP contribution in [-0.2, 0) is 14.4 Å². The van der Waals surface area contributed by atoms with Gasteiger partial charge in [-0.25, -0.2) is 0 Å². The summed E-state index contributed by atoms with van der Waals surface area (Å²) in [7, 11) is 2.05. The summed E-state index contributed by atoms with van der Waals surface area (Å²) in [6, 6.07) is 7.81. The summed E-state index contributed by atoms with van der Waals surface area (Å²) in [5.41, 5.74) is 0.450. The van der Waals surface area contributed by atoms with Gasteiger partial charge < -0.3 is 9.80 Å². The first kappa shape index (κ1) is 22.7. The number of Topliss-reactive ketones (excluding diaryl/α,β-unsaturated/α-hetero) is 1. The number of carbonyl (C=O) groups is 4. The Morgan fingerprint density at radius 2 is 1.72 bits per heavy atom. The molecule has 0 bridgehead atoms. The van der Waals surface area contributed by atoms with Crippen LogP contribution in [0.15, 0.2) is 30.3 Å². The molecule has 2 rings (SSSR count). The van der Waals surface area contributed by atoms with Gasteiger partial charge in [-0.1, -0.05) is 44.2 Å². The van der Waals surface area contributed by atoms with Crippen LogP contribution in [0.4, 0.5) is 0 Å². The molecule has 0 saturated carbocycles. The van der Waals surface area contributed by atoms with Gasteiger partial charge in [-0.05, 0) is 19.3 Å². The van der Waals surface area contributed by atoms with E-state index in [0.29, 0.717) is 16.6 Å². The largest absolute Gasteiger partial charge is 0.339 e. The van der Waals surface area contributed by atoms with Crippen molar-refractivity contribution in [2.24, 2.45) is 0 Å². The minimum Gasteiger partial charge on any atom is -0.339 e. The minimum absolute atomic E-state index is 0.134. The number of likely N-dealkylation sites (tertiary alicyclic amines) is 1. The first-order chi connectivity index (χ1) is 13.8. The van der Waals surface area contributed by atoms with Crippen molar-refractivity contribution >= 4 is 23.5 Å². The van der Waals surface area contributed by atoms with Crippen molar-refractivity contribution in [3.8, 4) is 0 Å². The Labute approximate surface area is 172 Å². The second-order valence-electron chi connectivity index (χ2n) is 7.99. The number of rotatable bonds is 10. The van der Waals surface area contributed by atoms with E-state index in [-0.39, 0.29) is 37.0 Å². The molecule has 3 amide bonds. The van der Waals surface area contributed by atoms with E-state index < -0.39 is 11.9 Å². The highest BCUT2D eigenvalue weighted by molar-refractivity contribution is 6.07. The molecule has 0 aliphatic carbocycles. The van der Waals surface area contributed by atoms with Gasteiger partial charge in [0, 0.05) is 12.0 Å². The van der Waals surface area contributed by atoms with Crippen molar-refractivity contribution < 1.29 is 23.7 Å². The van der Waals surface area contributed by atoms with Crippen LogP contribution < -0.4 is 5.32 Å². The molecule has 1 atom stereocenters. The molecule has 1 unspecified atom stereocenters. The molecule has 158 valence electrons. The lowest BCUT2D eigenvalue weighted by Gasteiger charge is -2.35. The van der Waals surface area contributed by atoms with Crippen LogP contribution in [0, 0.1) is 0 Å². The summed E-state index contributed by atoms with van der Waals surface area (Å²) in [5.74, 6) is -1.37. The number of nitrogens with zero attached hydrogens (tertiary/aromatic N) is 2. The number of carbonyl (C=O) groups excluding carboxylic acids is 4. The molecule has 1 aliphatic heterocycles. The Kier molecular flexibility index (Phi) is 8.08. The molecular formula is C22H32N3O4+. The van der Waals surface area contributed by atoms with Gasteiger partial charge >= 0.3 is 0 Å². The van der Waals surface area contributed by atoms with Gasteiger partial charge in [0.25, 0.3) is 11.8 Å². The SMILES string of the molecule is CCC[N+](C)(CCC)CC(=O)NC1CCC(=O)N(CC(=O)c2ccccc2)C1=O. The van der Waals surface area contributed by atoms with Crippen molar-refractivity contribution in [1.82, 2.24) is 10.2 Å². The van der Waals surface area contributed by atoms with Crippen molar-refractivity contribution in [1.29, 1.82) is 0 Å². The molecule has 1 aromatic carbocycles. The van der Waals surface area contributed by atoms with E-state index in [0.717, 1.165) is 30.8 Å². The van der Waals surface area contributed by atoms with Gasteiger partial charge in [0.2, 0.25) is 5.91 Å². The second kappa shape index (κ2) is 10.3. The molecular weight excluding hydrogens is 370 g/mol. The van der Waals surface area contributed by atoms with Crippen LogP contribution in [-0.4, -0.2) is 72.2 Å². The number of hydrogen-bond acceptors (Lipinski definition) is 4. The van der Waals surface area contributed by atoms with Crippen molar-refractivity contribution in [3.63, 3.8) is 0 Å². The summed E-state index contributed by atoms with van der Waals surface area (Å²) >= 11 is 0.